The Morgan fingerprint density at radius 3 is 2.65 bits per heavy atom. The van der Waals surface area contributed by atoms with Crippen LogP contribution in [0.15, 0.2) is 54.6 Å². The Bertz CT molecular complexity index is 827. The maximum absolute atomic E-state index is 13.0. The minimum atomic E-state index is -0.476. The summed E-state index contributed by atoms with van der Waals surface area (Å²) in [4.78, 5) is 26.6. The van der Waals surface area contributed by atoms with Crippen molar-refractivity contribution >= 4 is 23.6 Å². The number of halogens is 1. The van der Waals surface area contributed by atoms with Crippen molar-refractivity contribution in [1.82, 2.24) is 10.2 Å². The molecule has 2 atom stereocenters. The van der Waals surface area contributed by atoms with Crippen LogP contribution in [0.1, 0.15) is 24.0 Å². The minimum Gasteiger partial charge on any atom is -0.350 e. The predicted octanol–water partition coefficient (Wildman–Crippen LogP) is 3.03. The number of fused-ring (bicyclic) bond motifs is 1. The third-order valence-corrected chi connectivity index (χ3v) is 6.63. The van der Waals surface area contributed by atoms with E-state index in [-0.39, 0.29) is 17.6 Å². The maximum Gasteiger partial charge on any atom is 0.244 e. The lowest BCUT2D eigenvalue weighted by Gasteiger charge is -2.34. The van der Waals surface area contributed by atoms with Crippen molar-refractivity contribution in [2.75, 3.05) is 5.75 Å². The third kappa shape index (κ3) is 2.88. The molecule has 0 aromatic heterocycles. The van der Waals surface area contributed by atoms with Gasteiger partial charge in [-0.3, -0.25) is 9.59 Å². The van der Waals surface area contributed by atoms with Gasteiger partial charge in [-0.1, -0.05) is 42.5 Å². The summed E-state index contributed by atoms with van der Waals surface area (Å²) < 4.78 is 13.0. The zero-order chi connectivity index (χ0) is 18.1. The molecule has 2 amide bonds. The first kappa shape index (κ1) is 17.1. The first-order valence-corrected chi connectivity index (χ1v) is 9.62. The Kier molecular flexibility index (Phi) is 4.44. The molecule has 0 aliphatic carbocycles. The number of amides is 2. The van der Waals surface area contributed by atoms with Gasteiger partial charge in [0.05, 0.1) is 0 Å². The number of benzene rings is 2. The molecule has 0 saturated carbocycles. The number of nitrogens with one attached hydrogen (secondary N) is 1. The highest BCUT2D eigenvalue weighted by Crippen LogP contribution is 2.54. The topological polar surface area (TPSA) is 49.4 Å². The van der Waals surface area contributed by atoms with Crippen LogP contribution >= 0.6 is 11.8 Å². The Morgan fingerprint density at radius 1 is 1.19 bits per heavy atom. The number of hydrogen-bond acceptors (Lipinski definition) is 3. The normalized spacial score (nSPS) is 24.6. The number of carbonyl (C=O) groups is 2. The first-order chi connectivity index (χ1) is 12.6. The zero-order valence-electron chi connectivity index (χ0n) is 14.2. The van der Waals surface area contributed by atoms with Crippen LogP contribution in [0.5, 0.6) is 0 Å². The maximum atomic E-state index is 13.0. The Labute approximate surface area is 155 Å². The summed E-state index contributed by atoms with van der Waals surface area (Å²) in [6, 6.07) is 15.5. The lowest BCUT2D eigenvalue weighted by atomic mass is 10.0. The Hall–Kier alpha value is -2.34. The second-order valence-corrected chi connectivity index (χ2v) is 7.88. The summed E-state index contributed by atoms with van der Waals surface area (Å²) in [7, 11) is 0. The van der Waals surface area contributed by atoms with E-state index in [4.69, 9.17) is 0 Å². The molecule has 2 heterocycles. The number of hydrogen-bond donors (Lipinski definition) is 1. The van der Waals surface area contributed by atoms with Crippen molar-refractivity contribution in [2.45, 2.75) is 30.3 Å². The van der Waals surface area contributed by atoms with E-state index >= 15 is 0 Å². The van der Waals surface area contributed by atoms with Gasteiger partial charge in [0.25, 0.3) is 0 Å². The van der Waals surface area contributed by atoms with E-state index in [9.17, 15) is 14.0 Å². The van der Waals surface area contributed by atoms with Crippen LogP contribution in [0.2, 0.25) is 0 Å². The quantitative estimate of drug-likeness (QED) is 0.900. The number of rotatable bonds is 4. The number of thioether (sulfide) groups is 1. The average Bonchev–Trinajstić information content (AvgIpc) is 3.21. The summed E-state index contributed by atoms with van der Waals surface area (Å²) in [6.07, 6.45) is 1.19. The van der Waals surface area contributed by atoms with E-state index < -0.39 is 10.9 Å². The lowest BCUT2D eigenvalue weighted by Crippen LogP contribution is -2.49. The van der Waals surface area contributed by atoms with Crippen molar-refractivity contribution in [3.05, 3.63) is 71.5 Å². The molecule has 1 N–H and O–H groups in total. The first-order valence-electron chi connectivity index (χ1n) is 8.64. The van der Waals surface area contributed by atoms with Gasteiger partial charge in [0.15, 0.2) is 0 Å². The summed E-state index contributed by atoms with van der Waals surface area (Å²) >= 11 is 1.67. The van der Waals surface area contributed by atoms with Crippen LogP contribution in [0.3, 0.4) is 0 Å². The van der Waals surface area contributed by atoms with Gasteiger partial charge in [-0.25, -0.2) is 4.39 Å². The van der Waals surface area contributed by atoms with E-state index in [1.807, 2.05) is 30.3 Å². The van der Waals surface area contributed by atoms with Crippen LogP contribution in [0, 0.1) is 5.82 Å². The van der Waals surface area contributed by atoms with E-state index in [0.717, 1.165) is 17.5 Å². The zero-order valence-corrected chi connectivity index (χ0v) is 15.0. The molecule has 0 radical (unpaired) electrons. The highest BCUT2D eigenvalue weighted by Gasteiger charge is 2.56. The fraction of sp³-hybridized carbons (Fsp3) is 0.300. The molecule has 2 aliphatic rings. The molecule has 2 aromatic rings. The largest absolute Gasteiger partial charge is 0.350 e. The van der Waals surface area contributed by atoms with Gasteiger partial charge >= 0.3 is 0 Å². The molecular weight excluding hydrogens is 351 g/mol. The minimum absolute atomic E-state index is 0.0285. The second kappa shape index (κ2) is 6.76. The molecule has 0 unspecified atom stereocenters. The van der Waals surface area contributed by atoms with Gasteiger partial charge in [-0.2, -0.15) is 0 Å². The molecule has 26 heavy (non-hydrogen) atoms. The Morgan fingerprint density at radius 2 is 1.92 bits per heavy atom. The van der Waals surface area contributed by atoms with Crippen molar-refractivity contribution in [3.8, 4) is 0 Å². The highest BCUT2D eigenvalue weighted by molar-refractivity contribution is 8.00. The average molecular weight is 370 g/mol. The van der Waals surface area contributed by atoms with Crippen molar-refractivity contribution < 1.29 is 14.0 Å². The molecule has 6 heteroatoms. The van der Waals surface area contributed by atoms with Gasteiger partial charge in [-0.15, -0.1) is 11.8 Å². The van der Waals surface area contributed by atoms with Gasteiger partial charge in [0.1, 0.15) is 16.7 Å². The fourth-order valence-corrected chi connectivity index (χ4v) is 5.40. The lowest BCUT2D eigenvalue weighted by molar-refractivity contribution is -0.138. The van der Waals surface area contributed by atoms with Crippen LogP contribution in [-0.4, -0.2) is 28.5 Å². The van der Waals surface area contributed by atoms with E-state index in [1.54, 1.807) is 28.8 Å². The molecule has 0 bridgehead atoms. The monoisotopic (exact) mass is 370 g/mol. The Balaban J connectivity index is 1.51. The van der Waals surface area contributed by atoms with Crippen LogP contribution < -0.4 is 5.32 Å². The van der Waals surface area contributed by atoms with Gasteiger partial charge in [0, 0.05) is 18.7 Å². The summed E-state index contributed by atoms with van der Waals surface area (Å²) in [5.41, 5.74) is 1.90. The third-order valence-electron chi connectivity index (χ3n) is 5.03. The van der Waals surface area contributed by atoms with Crippen molar-refractivity contribution in [1.29, 1.82) is 0 Å². The van der Waals surface area contributed by atoms with Crippen LogP contribution in [-0.2, 0) is 21.0 Å². The smallest absolute Gasteiger partial charge is 0.244 e. The van der Waals surface area contributed by atoms with Crippen molar-refractivity contribution in [2.24, 2.45) is 0 Å². The van der Waals surface area contributed by atoms with Gasteiger partial charge in [-0.05, 0) is 29.7 Å². The molecule has 0 spiro atoms. The van der Waals surface area contributed by atoms with Crippen LogP contribution in [0.4, 0.5) is 4.39 Å². The summed E-state index contributed by atoms with van der Waals surface area (Å²) in [6.45, 7) is 0.320. The molecule has 2 aliphatic heterocycles. The van der Waals surface area contributed by atoms with E-state index in [0.29, 0.717) is 18.7 Å². The molecule has 2 aromatic carbocycles. The van der Waals surface area contributed by atoms with E-state index in [1.165, 1.54) is 12.1 Å². The highest BCUT2D eigenvalue weighted by atomic mass is 32.2. The number of carbonyl (C=O) groups excluding carboxylic acids is 2. The fourth-order valence-electron chi connectivity index (χ4n) is 3.74. The molecule has 2 fully saturated rings. The standard InChI is InChI=1S/C20H19FN2O2S/c21-16-8-6-14(7-9-16)12-22-19(25)17-13-26-20(11-10-18(24)23(17)20)15-4-2-1-3-5-15/h1-9,17H,10-13H2,(H,22,25)/t17-,20-/m1/s1. The summed E-state index contributed by atoms with van der Waals surface area (Å²) in [5, 5.41) is 2.89. The predicted molar refractivity (Wildman–Crippen MR) is 98.7 cm³/mol. The molecule has 2 saturated heterocycles. The SMILES string of the molecule is O=C(NCc1ccc(F)cc1)[C@H]1CS[C@@]2(c3ccccc3)CCC(=O)N12. The van der Waals surface area contributed by atoms with Gasteiger partial charge in [0.2, 0.25) is 11.8 Å². The van der Waals surface area contributed by atoms with Crippen LogP contribution in [0.25, 0.3) is 0 Å². The number of nitrogens with zero attached hydrogens (tertiary/aromatic N) is 1. The molecular formula is C20H19FN2O2S. The van der Waals surface area contributed by atoms with Crippen molar-refractivity contribution in [3.63, 3.8) is 0 Å². The molecule has 4 rings (SSSR count). The second-order valence-electron chi connectivity index (χ2n) is 6.59. The summed E-state index contributed by atoms with van der Waals surface area (Å²) in [5.74, 6) is 0.147. The van der Waals surface area contributed by atoms with E-state index in [2.05, 4.69) is 5.32 Å². The molecule has 4 nitrogen and oxygen atoms in total. The van der Waals surface area contributed by atoms with Gasteiger partial charge < -0.3 is 10.2 Å². The molecule has 134 valence electrons.